The highest BCUT2D eigenvalue weighted by Crippen LogP contribution is 2.31. The van der Waals surface area contributed by atoms with Crippen molar-refractivity contribution in [2.75, 3.05) is 46.5 Å². The van der Waals surface area contributed by atoms with Crippen molar-refractivity contribution in [1.82, 2.24) is 8.61 Å². The summed E-state index contributed by atoms with van der Waals surface area (Å²) in [5.74, 6) is 1.34. The summed E-state index contributed by atoms with van der Waals surface area (Å²) in [6.07, 6.45) is -0.323. The van der Waals surface area contributed by atoms with Crippen molar-refractivity contribution in [3.8, 4) is 11.5 Å². The molecular formula is C14H20N2O5S. The molecule has 0 bridgehead atoms. The summed E-state index contributed by atoms with van der Waals surface area (Å²) in [5.41, 5.74) is 0. The van der Waals surface area contributed by atoms with Gasteiger partial charge in [0.1, 0.15) is 12.7 Å². The quantitative estimate of drug-likeness (QED) is 0.797. The van der Waals surface area contributed by atoms with Gasteiger partial charge in [-0.2, -0.15) is 17.0 Å². The first kappa shape index (κ1) is 15.5. The van der Waals surface area contributed by atoms with E-state index >= 15 is 0 Å². The third-order valence-corrected chi connectivity index (χ3v) is 5.67. The van der Waals surface area contributed by atoms with Crippen LogP contribution in [0.1, 0.15) is 0 Å². The van der Waals surface area contributed by atoms with E-state index in [1.165, 1.54) is 8.61 Å². The normalized spacial score (nSPS) is 22.7. The van der Waals surface area contributed by atoms with E-state index < -0.39 is 10.2 Å². The summed E-state index contributed by atoms with van der Waals surface area (Å²) < 4.78 is 44.4. The van der Waals surface area contributed by atoms with Crippen molar-refractivity contribution < 1.29 is 22.6 Å². The molecule has 8 heteroatoms. The lowest BCUT2D eigenvalue weighted by atomic mass is 10.2. The Morgan fingerprint density at radius 1 is 1.23 bits per heavy atom. The SMILES string of the molecule is CN(C[C@H]1COc2ccccc2O1)S(=O)(=O)N1CCOCC1. The average molecular weight is 328 g/mol. The largest absolute Gasteiger partial charge is 0.486 e. The van der Waals surface area contributed by atoms with E-state index in [1.807, 2.05) is 24.3 Å². The van der Waals surface area contributed by atoms with Crippen LogP contribution in [0.15, 0.2) is 24.3 Å². The lowest BCUT2D eigenvalue weighted by Gasteiger charge is -2.33. The number of rotatable bonds is 4. The molecule has 1 atom stereocenters. The maximum atomic E-state index is 12.5. The molecule has 7 nitrogen and oxygen atoms in total. The molecule has 0 amide bonds. The molecule has 2 aliphatic rings. The van der Waals surface area contributed by atoms with Crippen molar-refractivity contribution in [3.63, 3.8) is 0 Å². The van der Waals surface area contributed by atoms with Crippen LogP contribution in [0.25, 0.3) is 0 Å². The minimum atomic E-state index is -3.49. The Kier molecular flexibility index (Phi) is 4.53. The molecule has 0 aromatic heterocycles. The minimum absolute atomic E-state index is 0.244. The second-order valence-electron chi connectivity index (χ2n) is 5.30. The van der Waals surface area contributed by atoms with E-state index in [0.717, 1.165) is 0 Å². The van der Waals surface area contributed by atoms with Crippen LogP contribution < -0.4 is 9.47 Å². The first-order valence-corrected chi connectivity index (χ1v) is 8.65. The third kappa shape index (κ3) is 3.19. The van der Waals surface area contributed by atoms with Gasteiger partial charge in [-0.05, 0) is 12.1 Å². The van der Waals surface area contributed by atoms with E-state index in [2.05, 4.69) is 0 Å². The maximum absolute atomic E-state index is 12.5. The van der Waals surface area contributed by atoms with Crippen molar-refractivity contribution in [2.24, 2.45) is 0 Å². The van der Waals surface area contributed by atoms with Crippen LogP contribution in [0.3, 0.4) is 0 Å². The number of ether oxygens (including phenoxy) is 3. The zero-order valence-electron chi connectivity index (χ0n) is 12.5. The molecule has 1 saturated heterocycles. The van der Waals surface area contributed by atoms with Crippen molar-refractivity contribution in [2.45, 2.75) is 6.10 Å². The summed E-state index contributed by atoms with van der Waals surface area (Å²) in [7, 11) is -1.92. The van der Waals surface area contributed by atoms with Crippen LogP contribution in [0, 0.1) is 0 Å². The van der Waals surface area contributed by atoms with Crippen LogP contribution in [0.5, 0.6) is 11.5 Å². The lowest BCUT2D eigenvalue weighted by Crippen LogP contribution is -2.50. The van der Waals surface area contributed by atoms with Crippen LogP contribution in [0.2, 0.25) is 0 Å². The summed E-state index contributed by atoms with van der Waals surface area (Å²) in [4.78, 5) is 0. The van der Waals surface area contributed by atoms with Crippen LogP contribution in [-0.2, 0) is 14.9 Å². The predicted molar refractivity (Wildman–Crippen MR) is 80.3 cm³/mol. The number of para-hydroxylation sites is 2. The van der Waals surface area contributed by atoms with Gasteiger partial charge in [-0.1, -0.05) is 12.1 Å². The molecule has 1 fully saturated rings. The molecule has 0 unspecified atom stereocenters. The first-order chi connectivity index (χ1) is 10.6. The Bertz CT molecular complexity index is 615. The van der Waals surface area contributed by atoms with Crippen molar-refractivity contribution >= 4 is 10.2 Å². The van der Waals surface area contributed by atoms with Crippen LogP contribution >= 0.6 is 0 Å². The highest BCUT2D eigenvalue weighted by Gasteiger charge is 2.32. The molecule has 2 aliphatic heterocycles. The number of likely N-dealkylation sites (N-methyl/N-ethyl adjacent to an activating group) is 1. The molecule has 3 rings (SSSR count). The van der Waals surface area contributed by atoms with Gasteiger partial charge < -0.3 is 14.2 Å². The predicted octanol–water partition coefficient (Wildman–Crippen LogP) is 0.335. The zero-order valence-corrected chi connectivity index (χ0v) is 13.3. The van der Waals surface area contributed by atoms with E-state index in [-0.39, 0.29) is 12.6 Å². The molecule has 0 spiro atoms. The van der Waals surface area contributed by atoms with Crippen molar-refractivity contribution in [3.05, 3.63) is 24.3 Å². The number of nitrogens with zero attached hydrogens (tertiary/aromatic N) is 2. The minimum Gasteiger partial charge on any atom is -0.486 e. The third-order valence-electron chi connectivity index (χ3n) is 3.72. The smallest absolute Gasteiger partial charge is 0.282 e. The van der Waals surface area contributed by atoms with Gasteiger partial charge in [0, 0.05) is 20.1 Å². The van der Waals surface area contributed by atoms with Gasteiger partial charge >= 0.3 is 0 Å². The number of fused-ring (bicyclic) bond motifs is 1. The van der Waals surface area contributed by atoms with Gasteiger partial charge in [0.2, 0.25) is 0 Å². The second-order valence-corrected chi connectivity index (χ2v) is 7.33. The molecule has 0 N–H and O–H groups in total. The number of benzene rings is 1. The highest BCUT2D eigenvalue weighted by molar-refractivity contribution is 7.86. The van der Waals surface area contributed by atoms with Gasteiger partial charge in [0.25, 0.3) is 10.2 Å². The fourth-order valence-electron chi connectivity index (χ4n) is 2.51. The van der Waals surface area contributed by atoms with E-state index in [9.17, 15) is 8.42 Å². The van der Waals surface area contributed by atoms with Gasteiger partial charge in [0.15, 0.2) is 11.5 Å². The molecule has 122 valence electrons. The molecular weight excluding hydrogens is 308 g/mol. The molecule has 0 radical (unpaired) electrons. The molecule has 0 saturated carbocycles. The Labute approximate surface area is 130 Å². The number of morpholine rings is 1. The summed E-state index contributed by atoms with van der Waals surface area (Å²) in [6, 6.07) is 7.38. The second kappa shape index (κ2) is 6.41. The Hall–Kier alpha value is -1.35. The zero-order chi connectivity index (χ0) is 15.6. The topological polar surface area (TPSA) is 68.3 Å². The lowest BCUT2D eigenvalue weighted by molar-refractivity contribution is 0.0642. The molecule has 2 heterocycles. The molecule has 22 heavy (non-hydrogen) atoms. The van der Waals surface area contributed by atoms with Gasteiger partial charge in [0.05, 0.1) is 19.8 Å². The summed E-state index contributed by atoms with van der Waals surface area (Å²) in [5, 5.41) is 0. The Morgan fingerprint density at radius 3 is 2.64 bits per heavy atom. The van der Waals surface area contributed by atoms with Crippen LogP contribution in [-0.4, -0.2) is 69.6 Å². The average Bonchev–Trinajstić information content (AvgIpc) is 2.55. The van der Waals surface area contributed by atoms with E-state index in [0.29, 0.717) is 44.4 Å². The standard InChI is InChI=1S/C14H20N2O5S/c1-15(22(17,18)16-6-8-19-9-7-16)10-12-11-20-13-4-2-3-5-14(13)21-12/h2-5,12H,6-11H2,1H3/t12-/m0/s1. The van der Waals surface area contributed by atoms with Crippen molar-refractivity contribution in [1.29, 1.82) is 0 Å². The highest BCUT2D eigenvalue weighted by atomic mass is 32.2. The van der Waals surface area contributed by atoms with Gasteiger partial charge in [-0.25, -0.2) is 0 Å². The Balaban J connectivity index is 1.63. The number of hydrogen-bond acceptors (Lipinski definition) is 5. The maximum Gasteiger partial charge on any atom is 0.282 e. The summed E-state index contributed by atoms with van der Waals surface area (Å²) >= 11 is 0. The van der Waals surface area contributed by atoms with E-state index in [1.54, 1.807) is 7.05 Å². The van der Waals surface area contributed by atoms with Gasteiger partial charge in [-0.3, -0.25) is 0 Å². The fraction of sp³-hybridized carbons (Fsp3) is 0.571. The molecule has 1 aromatic rings. The monoisotopic (exact) mass is 328 g/mol. The fourth-order valence-corrected chi connectivity index (χ4v) is 3.87. The van der Waals surface area contributed by atoms with Crippen LogP contribution in [0.4, 0.5) is 0 Å². The number of hydrogen-bond donors (Lipinski definition) is 0. The summed E-state index contributed by atoms with van der Waals surface area (Å²) in [6.45, 7) is 2.22. The van der Waals surface area contributed by atoms with E-state index in [4.69, 9.17) is 14.2 Å². The molecule has 1 aromatic carbocycles. The Morgan fingerprint density at radius 2 is 1.91 bits per heavy atom. The first-order valence-electron chi connectivity index (χ1n) is 7.25. The van der Waals surface area contributed by atoms with Gasteiger partial charge in [-0.15, -0.1) is 0 Å². The molecule has 0 aliphatic carbocycles.